The molecule has 2 rings (SSSR count). The van der Waals surface area contributed by atoms with E-state index in [1.54, 1.807) is 11.2 Å². The van der Waals surface area contributed by atoms with Gasteiger partial charge in [0.15, 0.2) is 5.03 Å². The average molecular weight is 271 g/mol. The van der Waals surface area contributed by atoms with Gasteiger partial charge < -0.3 is 4.98 Å². The number of aromatic nitrogens is 2. The fraction of sp³-hybridized carbons (Fsp3) is 0.750. The van der Waals surface area contributed by atoms with E-state index in [4.69, 9.17) is 0 Å². The van der Waals surface area contributed by atoms with Crippen molar-refractivity contribution in [3.05, 3.63) is 12.0 Å². The van der Waals surface area contributed by atoms with E-state index in [0.717, 1.165) is 6.42 Å². The van der Waals surface area contributed by atoms with Crippen molar-refractivity contribution in [3.63, 3.8) is 0 Å². The van der Waals surface area contributed by atoms with Crippen molar-refractivity contribution in [2.24, 2.45) is 11.3 Å². The molecule has 1 aromatic heterocycles. The standard InChI is InChI=1S/C12H21N3O2S/c1-9-13-7-11(14-9)18(16,17)15-6-5-10(8-15)12(2,3)4/h7,10H,5-6,8H2,1-4H3,(H,13,14). The number of H-pyrrole nitrogens is 1. The molecule has 0 amide bonds. The zero-order valence-electron chi connectivity index (χ0n) is 11.4. The van der Waals surface area contributed by atoms with Crippen LogP contribution in [0.4, 0.5) is 0 Å². The summed E-state index contributed by atoms with van der Waals surface area (Å²) in [5.74, 6) is 1.04. The van der Waals surface area contributed by atoms with Gasteiger partial charge >= 0.3 is 0 Å². The molecular weight excluding hydrogens is 250 g/mol. The molecule has 1 aliphatic rings. The molecule has 1 unspecified atom stereocenters. The maximum absolute atomic E-state index is 12.4. The van der Waals surface area contributed by atoms with E-state index in [9.17, 15) is 8.42 Å². The van der Waals surface area contributed by atoms with Crippen LogP contribution in [0.2, 0.25) is 0 Å². The van der Waals surface area contributed by atoms with Gasteiger partial charge in [0.25, 0.3) is 10.0 Å². The first-order chi connectivity index (χ1) is 8.21. The molecule has 0 saturated carbocycles. The first kappa shape index (κ1) is 13.5. The van der Waals surface area contributed by atoms with Crippen molar-refractivity contribution in [1.82, 2.24) is 14.3 Å². The van der Waals surface area contributed by atoms with Crippen LogP contribution >= 0.6 is 0 Å². The number of nitrogens with zero attached hydrogens (tertiary/aromatic N) is 2. The number of hydrogen-bond acceptors (Lipinski definition) is 3. The number of nitrogens with one attached hydrogen (secondary N) is 1. The van der Waals surface area contributed by atoms with Crippen LogP contribution in [0, 0.1) is 18.3 Å². The smallest absolute Gasteiger partial charge is 0.260 e. The number of hydrogen-bond donors (Lipinski definition) is 1. The molecule has 102 valence electrons. The third-order valence-electron chi connectivity index (χ3n) is 3.67. The number of imidazole rings is 1. The van der Waals surface area contributed by atoms with Gasteiger partial charge in [-0.3, -0.25) is 0 Å². The number of aromatic amines is 1. The molecule has 0 bridgehead atoms. The summed E-state index contributed by atoms with van der Waals surface area (Å²) in [5, 5.41) is 0.203. The third-order valence-corrected chi connectivity index (χ3v) is 5.45. The van der Waals surface area contributed by atoms with Crippen LogP contribution in [0.1, 0.15) is 33.0 Å². The summed E-state index contributed by atoms with van der Waals surface area (Å²) in [6.45, 7) is 9.43. The molecule has 6 heteroatoms. The van der Waals surface area contributed by atoms with Gasteiger partial charge in [-0.25, -0.2) is 13.4 Å². The Morgan fingerprint density at radius 3 is 2.56 bits per heavy atom. The molecule has 1 saturated heterocycles. The predicted octanol–water partition coefficient (Wildman–Crippen LogP) is 1.77. The van der Waals surface area contributed by atoms with Gasteiger partial charge in [0.05, 0.1) is 6.20 Å². The highest BCUT2D eigenvalue weighted by molar-refractivity contribution is 7.89. The van der Waals surface area contributed by atoms with Gasteiger partial charge in [0, 0.05) is 13.1 Å². The lowest BCUT2D eigenvalue weighted by atomic mass is 9.80. The summed E-state index contributed by atoms with van der Waals surface area (Å²) < 4.78 is 26.3. The first-order valence-corrected chi connectivity index (χ1v) is 7.67. The van der Waals surface area contributed by atoms with Gasteiger partial charge in [0.2, 0.25) is 0 Å². The molecule has 0 aliphatic carbocycles. The second kappa shape index (κ2) is 4.35. The summed E-state index contributed by atoms with van der Waals surface area (Å²) in [7, 11) is -3.40. The molecule has 1 aliphatic heterocycles. The fourth-order valence-electron chi connectivity index (χ4n) is 2.32. The van der Waals surface area contributed by atoms with Crippen molar-refractivity contribution < 1.29 is 8.42 Å². The van der Waals surface area contributed by atoms with Crippen LogP contribution < -0.4 is 0 Å². The zero-order chi connectivity index (χ0) is 13.6. The molecule has 18 heavy (non-hydrogen) atoms. The van der Waals surface area contributed by atoms with Gasteiger partial charge in [0.1, 0.15) is 5.82 Å². The Morgan fingerprint density at radius 2 is 2.11 bits per heavy atom. The van der Waals surface area contributed by atoms with E-state index < -0.39 is 10.0 Å². The van der Waals surface area contributed by atoms with Gasteiger partial charge in [-0.1, -0.05) is 20.8 Å². The van der Waals surface area contributed by atoms with Crippen molar-refractivity contribution in [2.75, 3.05) is 13.1 Å². The van der Waals surface area contributed by atoms with E-state index in [2.05, 4.69) is 30.7 Å². The largest absolute Gasteiger partial charge is 0.332 e. The zero-order valence-corrected chi connectivity index (χ0v) is 12.2. The maximum Gasteiger partial charge on any atom is 0.260 e. The van der Waals surface area contributed by atoms with Crippen LogP contribution in [0.25, 0.3) is 0 Å². The van der Waals surface area contributed by atoms with Crippen molar-refractivity contribution >= 4 is 10.0 Å². The van der Waals surface area contributed by atoms with E-state index in [1.165, 1.54) is 6.20 Å². The van der Waals surface area contributed by atoms with Gasteiger partial charge in [-0.2, -0.15) is 4.31 Å². The average Bonchev–Trinajstić information content (AvgIpc) is 2.83. The number of aryl methyl sites for hydroxylation is 1. The van der Waals surface area contributed by atoms with Crippen molar-refractivity contribution in [2.45, 2.75) is 39.1 Å². The van der Waals surface area contributed by atoms with E-state index >= 15 is 0 Å². The highest BCUT2D eigenvalue weighted by Gasteiger charge is 2.38. The summed E-state index contributed by atoms with van der Waals surface area (Å²) in [6.07, 6.45) is 2.32. The summed E-state index contributed by atoms with van der Waals surface area (Å²) in [6, 6.07) is 0. The second-order valence-electron chi connectivity index (χ2n) is 6.05. The summed E-state index contributed by atoms with van der Waals surface area (Å²) in [5.41, 5.74) is 0.147. The minimum absolute atomic E-state index is 0.147. The molecule has 1 fully saturated rings. The van der Waals surface area contributed by atoms with Crippen LogP contribution in [0.15, 0.2) is 11.2 Å². The molecule has 1 N–H and O–H groups in total. The number of rotatable bonds is 2. The molecule has 1 aromatic rings. The van der Waals surface area contributed by atoms with Crippen LogP contribution in [-0.2, 0) is 10.0 Å². The van der Waals surface area contributed by atoms with Gasteiger partial charge in [-0.15, -0.1) is 0 Å². The third kappa shape index (κ3) is 2.44. The normalized spacial score (nSPS) is 22.6. The molecule has 0 aromatic carbocycles. The van der Waals surface area contributed by atoms with E-state index in [1.807, 2.05) is 0 Å². The lowest BCUT2D eigenvalue weighted by Gasteiger charge is -2.26. The molecule has 2 heterocycles. The Kier molecular flexibility index (Phi) is 3.27. The highest BCUT2D eigenvalue weighted by atomic mass is 32.2. The number of sulfonamides is 1. The molecular formula is C12H21N3O2S. The minimum Gasteiger partial charge on any atom is -0.332 e. The highest BCUT2D eigenvalue weighted by Crippen LogP contribution is 2.35. The minimum atomic E-state index is -3.40. The van der Waals surface area contributed by atoms with E-state index in [0.29, 0.717) is 24.8 Å². The Morgan fingerprint density at radius 1 is 1.44 bits per heavy atom. The second-order valence-corrected chi connectivity index (χ2v) is 7.95. The van der Waals surface area contributed by atoms with Gasteiger partial charge in [-0.05, 0) is 24.7 Å². The maximum atomic E-state index is 12.4. The van der Waals surface area contributed by atoms with Crippen LogP contribution in [-0.4, -0.2) is 35.8 Å². The van der Waals surface area contributed by atoms with Crippen molar-refractivity contribution in [1.29, 1.82) is 0 Å². The molecule has 1 atom stereocenters. The van der Waals surface area contributed by atoms with Crippen LogP contribution in [0.3, 0.4) is 0 Å². The first-order valence-electron chi connectivity index (χ1n) is 6.23. The molecule has 5 nitrogen and oxygen atoms in total. The molecule has 0 spiro atoms. The predicted molar refractivity (Wildman–Crippen MR) is 69.6 cm³/mol. The van der Waals surface area contributed by atoms with Crippen LogP contribution in [0.5, 0.6) is 0 Å². The van der Waals surface area contributed by atoms with E-state index in [-0.39, 0.29) is 10.4 Å². The quantitative estimate of drug-likeness (QED) is 0.891. The summed E-state index contributed by atoms with van der Waals surface area (Å²) in [4.78, 5) is 6.77. The fourth-order valence-corrected chi connectivity index (χ4v) is 3.78. The SMILES string of the molecule is Cc1ncc(S(=O)(=O)N2CCC(C(C)(C)C)C2)[nH]1. The molecule has 0 radical (unpaired) electrons. The monoisotopic (exact) mass is 271 g/mol. The Balaban J connectivity index is 2.19. The lowest BCUT2D eigenvalue weighted by molar-refractivity contribution is 0.252. The summed E-state index contributed by atoms with van der Waals surface area (Å²) >= 11 is 0. The Labute approximate surface area is 109 Å². The lowest BCUT2D eigenvalue weighted by Crippen LogP contribution is -2.31. The topological polar surface area (TPSA) is 66.1 Å². The Hall–Kier alpha value is -0.880. The van der Waals surface area contributed by atoms with Crippen molar-refractivity contribution in [3.8, 4) is 0 Å². The Bertz CT molecular complexity index is 528.